The van der Waals surface area contributed by atoms with Gasteiger partial charge in [0, 0.05) is 38.1 Å². The van der Waals surface area contributed by atoms with Crippen molar-refractivity contribution in [3.05, 3.63) is 0 Å². The molecule has 6 heteroatoms. The molecular weight excluding hydrogens is 338 g/mol. The first-order valence-corrected chi connectivity index (χ1v) is 11.1. The Labute approximate surface area is 166 Å². The Kier molecular flexibility index (Phi) is 9.39. The van der Waals surface area contributed by atoms with Gasteiger partial charge in [0.05, 0.1) is 0 Å². The number of hydrogen-bond donors (Lipinski definition) is 2. The molecule has 0 radical (unpaired) electrons. The van der Waals surface area contributed by atoms with Gasteiger partial charge in [0.2, 0.25) is 5.91 Å². The predicted octanol–water partition coefficient (Wildman–Crippen LogP) is 2.31. The molecule has 0 spiro atoms. The third kappa shape index (κ3) is 7.32. The Morgan fingerprint density at radius 3 is 2.30 bits per heavy atom. The molecule has 2 aliphatic heterocycles. The van der Waals surface area contributed by atoms with Gasteiger partial charge >= 0.3 is 0 Å². The summed E-state index contributed by atoms with van der Waals surface area (Å²) < 4.78 is 0. The third-order valence-electron chi connectivity index (χ3n) is 5.95. The van der Waals surface area contributed by atoms with E-state index >= 15 is 0 Å². The van der Waals surface area contributed by atoms with E-state index in [4.69, 9.17) is 4.99 Å². The molecule has 156 valence electrons. The van der Waals surface area contributed by atoms with Crippen LogP contribution in [-0.4, -0.2) is 73.5 Å². The Balaban J connectivity index is 1.73. The van der Waals surface area contributed by atoms with E-state index in [2.05, 4.69) is 29.4 Å². The number of carbonyl (C=O) groups excluding carboxylic acids is 1. The number of rotatable bonds is 7. The minimum absolute atomic E-state index is 0.0950. The number of aliphatic imine (C=N–C) groups is 1. The van der Waals surface area contributed by atoms with E-state index in [0.29, 0.717) is 6.04 Å². The number of hydrogen-bond acceptors (Lipinski definition) is 3. The Morgan fingerprint density at radius 1 is 1.07 bits per heavy atom. The molecule has 2 saturated heterocycles. The number of amides is 1. The molecule has 2 N–H and O–H groups in total. The number of nitrogens with zero attached hydrogens (tertiary/aromatic N) is 3. The van der Waals surface area contributed by atoms with Gasteiger partial charge in [-0.2, -0.15) is 0 Å². The van der Waals surface area contributed by atoms with Crippen molar-refractivity contribution in [1.29, 1.82) is 0 Å². The van der Waals surface area contributed by atoms with E-state index in [9.17, 15) is 4.79 Å². The van der Waals surface area contributed by atoms with Crippen LogP contribution in [0.25, 0.3) is 0 Å². The summed E-state index contributed by atoms with van der Waals surface area (Å²) in [5.41, 5.74) is 0. The van der Waals surface area contributed by atoms with E-state index in [1.54, 1.807) is 0 Å². The quantitative estimate of drug-likeness (QED) is 0.526. The average Bonchev–Trinajstić information content (AvgIpc) is 2.68. The van der Waals surface area contributed by atoms with E-state index in [1.165, 1.54) is 38.9 Å². The normalized spacial score (nSPS) is 20.9. The van der Waals surface area contributed by atoms with Crippen LogP contribution < -0.4 is 10.6 Å². The highest BCUT2D eigenvalue weighted by Crippen LogP contribution is 2.20. The minimum Gasteiger partial charge on any atom is -0.357 e. The molecule has 2 heterocycles. The first-order valence-electron chi connectivity index (χ1n) is 11.1. The fourth-order valence-electron chi connectivity index (χ4n) is 4.07. The van der Waals surface area contributed by atoms with Gasteiger partial charge in [0.1, 0.15) is 0 Å². The van der Waals surface area contributed by atoms with Crippen LogP contribution in [-0.2, 0) is 4.79 Å². The zero-order valence-electron chi connectivity index (χ0n) is 18.0. The van der Waals surface area contributed by atoms with E-state index < -0.39 is 0 Å². The molecule has 0 atom stereocenters. The van der Waals surface area contributed by atoms with Crippen molar-refractivity contribution in [2.24, 2.45) is 16.8 Å². The molecule has 2 aliphatic rings. The second-order valence-corrected chi connectivity index (χ2v) is 8.33. The number of nitrogens with one attached hydrogen (secondary N) is 2. The summed E-state index contributed by atoms with van der Waals surface area (Å²) in [7, 11) is 0. The van der Waals surface area contributed by atoms with E-state index in [1.807, 2.05) is 18.7 Å². The van der Waals surface area contributed by atoms with Crippen LogP contribution in [0.3, 0.4) is 0 Å². The summed E-state index contributed by atoms with van der Waals surface area (Å²) in [5.74, 6) is 2.14. The fourth-order valence-corrected chi connectivity index (χ4v) is 4.07. The van der Waals surface area contributed by atoms with E-state index in [-0.39, 0.29) is 11.8 Å². The maximum absolute atomic E-state index is 12.1. The number of likely N-dealkylation sites (tertiary alicyclic amines) is 2. The predicted molar refractivity (Wildman–Crippen MR) is 113 cm³/mol. The van der Waals surface area contributed by atoms with Crippen LogP contribution in [0.4, 0.5) is 0 Å². The molecule has 27 heavy (non-hydrogen) atoms. The standard InChI is InChI=1S/C21H41N5O/c1-5-22-21(23-12-7-18-8-13-25(6-2)14-9-18)24-19-10-15-26(16-11-19)20(27)17(3)4/h17-19H,5-16H2,1-4H3,(H2,22,23,24). The third-order valence-corrected chi connectivity index (χ3v) is 5.95. The highest BCUT2D eigenvalue weighted by atomic mass is 16.2. The smallest absolute Gasteiger partial charge is 0.225 e. The Hall–Kier alpha value is -1.30. The zero-order chi connectivity index (χ0) is 19.6. The Morgan fingerprint density at radius 2 is 1.74 bits per heavy atom. The highest BCUT2D eigenvalue weighted by molar-refractivity contribution is 5.80. The second-order valence-electron chi connectivity index (χ2n) is 8.33. The largest absolute Gasteiger partial charge is 0.357 e. The van der Waals surface area contributed by atoms with Gasteiger partial charge < -0.3 is 20.4 Å². The fraction of sp³-hybridized carbons (Fsp3) is 0.905. The van der Waals surface area contributed by atoms with Crippen molar-refractivity contribution < 1.29 is 4.79 Å². The number of piperidine rings is 2. The molecule has 2 fully saturated rings. The lowest BCUT2D eigenvalue weighted by molar-refractivity contribution is -0.135. The highest BCUT2D eigenvalue weighted by Gasteiger charge is 2.24. The summed E-state index contributed by atoms with van der Waals surface area (Å²) >= 11 is 0. The van der Waals surface area contributed by atoms with Crippen molar-refractivity contribution in [3.63, 3.8) is 0 Å². The number of carbonyl (C=O) groups is 1. The molecule has 0 aromatic carbocycles. The summed E-state index contributed by atoms with van der Waals surface area (Å²) in [6, 6.07) is 0.409. The monoisotopic (exact) mass is 379 g/mol. The second kappa shape index (κ2) is 11.5. The SMILES string of the molecule is CCNC(=NCCC1CCN(CC)CC1)NC1CCN(C(=O)C(C)C)CC1. The number of guanidine groups is 1. The van der Waals surface area contributed by atoms with Crippen molar-refractivity contribution in [1.82, 2.24) is 20.4 Å². The maximum Gasteiger partial charge on any atom is 0.225 e. The molecular formula is C21H41N5O. The van der Waals surface area contributed by atoms with Gasteiger partial charge in [-0.3, -0.25) is 9.79 Å². The first kappa shape index (κ1) is 22.0. The first-order chi connectivity index (χ1) is 13.0. The van der Waals surface area contributed by atoms with Crippen molar-refractivity contribution >= 4 is 11.9 Å². The maximum atomic E-state index is 12.1. The van der Waals surface area contributed by atoms with Gasteiger partial charge in [-0.05, 0) is 64.6 Å². The van der Waals surface area contributed by atoms with Gasteiger partial charge in [-0.15, -0.1) is 0 Å². The summed E-state index contributed by atoms with van der Waals surface area (Å²) in [6.07, 6.45) is 5.82. The molecule has 0 aromatic heterocycles. The lowest BCUT2D eigenvalue weighted by atomic mass is 9.94. The van der Waals surface area contributed by atoms with Crippen molar-refractivity contribution in [3.8, 4) is 0 Å². The van der Waals surface area contributed by atoms with E-state index in [0.717, 1.165) is 50.9 Å². The summed E-state index contributed by atoms with van der Waals surface area (Å²) in [5, 5.41) is 6.98. The average molecular weight is 380 g/mol. The minimum atomic E-state index is 0.0950. The summed E-state index contributed by atoms with van der Waals surface area (Å²) in [4.78, 5) is 21.5. The summed E-state index contributed by atoms with van der Waals surface area (Å²) in [6.45, 7) is 15.5. The Bertz CT molecular complexity index is 463. The van der Waals surface area contributed by atoms with Crippen LogP contribution in [0, 0.1) is 11.8 Å². The zero-order valence-corrected chi connectivity index (χ0v) is 18.0. The van der Waals surface area contributed by atoms with Crippen LogP contribution in [0.15, 0.2) is 4.99 Å². The lowest BCUT2D eigenvalue weighted by Gasteiger charge is -2.34. The molecule has 0 unspecified atom stereocenters. The van der Waals surface area contributed by atoms with Crippen molar-refractivity contribution in [2.75, 3.05) is 45.8 Å². The van der Waals surface area contributed by atoms with Crippen LogP contribution >= 0.6 is 0 Å². The molecule has 0 bridgehead atoms. The topological polar surface area (TPSA) is 60.0 Å². The molecule has 0 aromatic rings. The molecule has 6 nitrogen and oxygen atoms in total. The van der Waals surface area contributed by atoms with Crippen LogP contribution in [0.1, 0.15) is 59.8 Å². The van der Waals surface area contributed by atoms with Gasteiger partial charge in [-0.25, -0.2) is 0 Å². The van der Waals surface area contributed by atoms with Gasteiger partial charge in [0.25, 0.3) is 0 Å². The van der Waals surface area contributed by atoms with Crippen LogP contribution in [0.5, 0.6) is 0 Å². The molecule has 2 rings (SSSR count). The molecule has 0 saturated carbocycles. The van der Waals surface area contributed by atoms with Gasteiger partial charge in [0.15, 0.2) is 5.96 Å². The van der Waals surface area contributed by atoms with Crippen LogP contribution in [0.2, 0.25) is 0 Å². The molecule has 0 aliphatic carbocycles. The van der Waals surface area contributed by atoms with Crippen molar-refractivity contribution in [2.45, 2.75) is 65.8 Å². The lowest BCUT2D eigenvalue weighted by Crippen LogP contribution is -2.50. The molecule has 1 amide bonds. The van der Waals surface area contributed by atoms with Gasteiger partial charge in [-0.1, -0.05) is 20.8 Å².